The summed E-state index contributed by atoms with van der Waals surface area (Å²) in [6, 6.07) is 4.58. The standard InChI is InChI=1S/C16H18N2O7/c1-9(20)17-13-5-4-6-14(15(13)18(10(2)21)16(17)23)24-8-12(7-19)25-11(3)22/h4-6,12,19H,7-8H2,1-3H3/t12-/m0/s1. The van der Waals surface area contributed by atoms with Gasteiger partial charge in [0.15, 0.2) is 6.10 Å². The van der Waals surface area contributed by atoms with Crippen LogP contribution in [-0.4, -0.2) is 51.3 Å². The molecule has 1 heterocycles. The number of hydrogen-bond donors (Lipinski definition) is 1. The summed E-state index contributed by atoms with van der Waals surface area (Å²) in [4.78, 5) is 47.0. The average molecular weight is 350 g/mol. The summed E-state index contributed by atoms with van der Waals surface area (Å²) < 4.78 is 12.1. The van der Waals surface area contributed by atoms with Crippen molar-refractivity contribution in [2.45, 2.75) is 26.9 Å². The highest BCUT2D eigenvalue weighted by atomic mass is 16.6. The molecule has 1 N–H and O–H groups in total. The third-order valence-corrected chi connectivity index (χ3v) is 3.42. The summed E-state index contributed by atoms with van der Waals surface area (Å²) in [7, 11) is 0. The van der Waals surface area contributed by atoms with Crippen molar-refractivity contribution >= 4 is 28.8 Å². The van der Waals surface area contributed by atoms with Crippen molar-refractivity contribution in [3.8, 4) is 5.75 Å². The number of aliphatic hydroxyl groups is 1. The van der Waals surface area contributed by atoms with Crippen molar-refractivity contribution in [2.24, 2.45) is 0 Å². The van der Waals surface area contributed by atoms with Gasteiger partial charge in [-0.3, -0.25) is 14.4 Å². The second-order valence-corrected chi connectivity index (χ2v) is 5.34. The lowest BCUT2D eigenvalue weighted by molar-refractivity contribution is -0.150. The van der Waals surface area contributed by atoms with E-state index in [1.165, 1.54) is 32.9 Å². The Morgan fingerprint density at radius 3 is 2.28 bits per heavy atom. The number of hydrogen-bond acceptors (Lipinski definition) is 7. The van der Waals surface area contributed by atoms with Crippen LogP contribution in [0.25, 0.3) is 11.0 Å². The lowest BCUT2D eigenvalue weighted by Crippen LogP contribution is -2.30. The number of benzene rings is 1. The van der Waals surface area contributed by atoms with E-state index in [9.17, 15) is 24.3 Å². The molecular formula is C16H18N2O7. The van der Waals surface area contributed by atoms with Gasteiger partial charge >= 0.3 is 11.7 Å². The van der Waals surface area contributed by atoms with E-state index in [1.807, 2.05) is 0 Å². The second kappa shape index (κ2) is 7.31. The summed E-state index contributed by atoms with van der Waals surface area (Å²) in [5.74, 6) is -1.55. The average Bonchev–Trinajstić information content (AvgIpc) is 2.83. The van der Waals surface area contributed by atoms with Crippen LogP contribution >= 0.6 is 0 Å². The second-order valence-electron chi connectivity index (χ2n) is 5.34. The van der Waals surface area contributed by atoms with Crippen LogP contribution in [0.2, 0.25) is 0 Å². The van der Waals surface area contributed by atoms with E-state index < -0.39 is 36.2 Å². The Kier molecular flexibility index (Phi) is 5.38. The first-order valence-corrected chi connectivity index (χ1v) is 7.47. The third kappa shape index (κ3) is 3.61. The van der Waals surface area contributed by atoms with Crippen LogP contribution < -0.4 is 10.4 Å². The number of esters is 1. The van der Waals surface area contributed by atoms with Crippen molar-refractivity contribution < 1.29 is 29.0 Å². The maximum absolute atomic E-state index is 12.4. The number of aromatic nitrogens is 2. The Morgan fingerprint density at radius 2 is 1.76 bits per heavy atom. The van der Waals surface area contributed by atoms with Crippen LogP contribution in [0.5, 0.6) is 5.75 Å². The zero-order valence-corrected chi connectivity index (χ0v) is 14.0. The van der Waals surface area contributed by atoms with Gasteiger partial charge in [-0.1, -0.05) is 6.07 Å². The molecule has 0 unspecified atom stereocenters. The predicted molar refractivity (Wildman–Crippen MR) is 86.9 cm³/mol. The third-order valence-electron chi connectivity index (χ3n) is 3.42. The number of rotatable bonds is 5. The number of ether oxygens (including phenoxy) is 2. The minimum absolute atomic E-state index is 0.134. The van der Waals surface area contributed by atoms with Crippen LogP contribution in [-0.2, 0) is 9.53 Å². The van der Waals surface area contributed by atoms with Gasteiger partial charge in [0.25, 0.3) is 0 Å². The Labute approximate surface area is 142 Å². The number of nitrogens with zero attached hydrogens (tertiary/aromatic N) is 2. The Morgan fingerprint density at radius 1 is 1.12 bits per heavy atom. The molecule has 9 heteroatoms. The molecule has 0 saturated heterocycles. The van der Waals surface area contributed by atoms with E-state index in [-0.39, 0.29) is 23.4 Å². The lowest BCUT2D eigenvalue weighted by Gasteiger charge is -2.16. The van der Waals surface area contributed by atoms with Gasteiger partial charge in [0.2, 0.25) is 11.8 Å². The fourth-order valence-corrected chi connectivity index (χ4v) is 2.47. The highest BCUT2D eigenvalue weighted by Crippen LogP contribution is 2.25. The van der Waals surface area contributed by atoms with Gasteiger partial charge in [0, 0.05) is 20.8 Å². The van der Waals surface area contributed by atoms with Crippen LogP contribution in [0.4, 0.5) is 0 Å². The quantitative estimate of drug-likeness (QED) is 0.777. The molecule has 0 bridgehead atoms. The van der Waals surface area contributed by atoms with Gasteiger partial charge in [-0.15, -0.1) is 0 Å². The van der Waals surface area contributed by atoms with E-state index >= 15 is 0 Å². The van der Waals surface area contributed by atoms with E-state index in [0.29, 0.717) is 0 Å². The molecule has 2 rings (SSSR count). The zero-order chi connectivity index (χ0) is 18.7. The summed E-state index contributed by atoms with van der Waals surface area (Å²) in [5, 5.41) is 9.21. The number of para-hydroxylation sites is 1. The number of carbonyl (C=O) groups is 3. The van der Waals surface area contributed by atoms with E-state index in [2.05, 4.69) is 0 Å². The molecule has 0 spiro atoms. The van der Waals surface area contributed by atoms with Crippen LogP contribution in [0.15, 0.2) is 23.0 Å². The first-order valence-electron chi connectivity index (χ1n) is 7.47. The summed E-state index contributed by atoms with van der Waals surface area (Å²) in [6.07, 6.45) is -0.903. The van der Waals surface area contributed by atoms with Gasteiger partial charge in [-0.05, 0) is 12.1 Å². The molecule has 0 fully saturated rings. The largest absolute Gasteiger partial charge is 0.487 e. The molecule has 9 nitrogen and oxygen atoms in total. The molecule has 134 valence electrons. The molecule has 25 heavy (non-hydrogen) atoms. The molecule has 0 aliphatic heterocycles. The highest BCUT2D eigenvalue weighted by Gasteiger charge is 2.22. The maximum atomic E-state index is 12.4. The van der Waals surface area contributed by atoms with Crippen LogP contribution in [0.1, 0.15) is 30.4 Å². The molecule has 1 aromatic carbocycles. The molecule has 0 amide bonds. The maximum Gasteiger partial charge on any atom is 0.342 e. The minimum atomic E-state index is -0.903. The molecule has 1 atom stereocenters. The molecule has 0 saturated carbocycles. The first kappa shape index (κ1) is 18.4. The van der Waals surface area contributed by atoms with Gasteiger partial charge in [0.05, 0.1) is 12.1 Å². The number of imidazole rings is 1. The van der Waals surface area contributed by atoms with Crippen LogP contribution in [0, 0.1) is 0 Å². The molecule has 2 aromatic rings. The molecule has 0 radical (unpaired) electrons. The monoisotopic (exact) mass is 350 g/mol. The number of carbonyl (C=O) groups excluding carboxylic acids is 3. The van der Waals surface area contributed by atoms with Crippen LogP contribution in [0.3, 0.4) is 0 Å². The van der Waals surface area contributed by atoms with E-state index in [1.54, 1.807) is 6.07 Å². The number of fused-ring (bicyclic) bond motifs is 1. The van der Waals surface area contributed by atoms with E-state index in [0.717, 1.165) is 9.13 Å². The van der Waals surface area contributed by atoms with Gasteiger partial charge in [-0.2, -0.15) is 0 Å². The van der Waals surface area contributed by atoms with Gasteiger partial charge < -0.3 is 14.6 Å². The lowest BCUT2D eigenvalue weighted by atomic mass is 10.2. The molecule has 0 aliphatic carbocycles. The minimum Gasteiger partial charge on any atom is -0.487 e. The topological polar surface area (TPSA) is 117 Å². The van der Waals surface area contributed by atoms with Gasteiger partial charge in [0.1, 0.15) is 17.9 Å². The van der Waals surface area contributed by atoms with Crippen molar-refractivity contribution in [1.29, 1.82) is 0 Å². The SMILES string of the molecule is CC(=O)O[C@@H](CO)COc1cccc2c1n(C(C)=O)c(=O)n2C(C)=O. The predicted octanol–water partition coefficient (Wildman–Crippen LogP) is 0.426. The zero-order valence-electron chi connectivity index (χ0n) is 14.0. The fourth-order valence-electron chi connectivity index (χ4n) is 2.47. The van der Waals surface area contributed by atoms with Crippen molar-refractivity contribution in [2.75, 3.05) is 13.2 Å². The van der Waals surface area contributed by atoms with Crippen molar-refractivity contribution in [3.05, 3.63) is 28.7 Å². The summed E-state index contributed by atoms with van der Waals surface area (Å²) >= 11 is 0. The molecule has 1 aromatic heterocycles. The van der Waals surface area contributed by atoms with E-state index in [4.69, 9.17) is 9.47 Å². The fraction of sp³-hybridized carbons (Fsp3) is 0.375. The van der Waals surface area contributed by atoms with Gasteiger partial charge in [-0.25, -0.2) is 13.9 Å². The smallest absolute Gasteiger partial charge is 0.342 e. The highest BCUT2D eigenvalue weighted by molar-refractivity contribution is 5.97. The van der Waals surface area contributed by atoms with Crippen molar-refractivity contribution in [3.63, 3.8) is 0 Å². The Balaban J connectivity index is 2.53. The summed E-state index contributed by atoms with van der Waals surface area (Å²) in [6.45, 7) is 2.96. The molecule has 0 aliphatic rings. The Bertz CT molecular complexity index is 894. The number of aliphatic hydroxyl groups excluding tert-OH is 1. The summed E-state index contributed by atoms with van der Waals surface area (Å²) in [5.41, 5.74) is -0.433. The van der Waals surface area contributed by atoms with Crippen molar-refractivity contribution in [1.82, 2.24) is 9.13 Å². The Hall–Kier alpha value is -2.94. The normalized spacial score (nSPS) is 12.0. The first-order chi connectivity index (χ1) is 11.8. The molecular weight excluding hydrogens is 332 g/mol.